The topological polar surface area (TPSA) is 114 Å². The van der Waals surface area contributed by atoms with E-state index in [1.54, 1.807) is 0 Å². The van der Waals surface area contributed by atoms with Crippen LogP contribution in [0.25, 0.3) is 0 Å². The second kappa shape index (κ2) is 9.05. The van der Waals surface area contributed by atoms with Gasteiger partial charge in [-0.2, -0.15) is 0 Å². The zero-order chi connectivity index (χ0) is 11.8. The third-order valence-corrected chi connectivity index (χ3v) is 1.93. The molecule has 9 heteroatoms. The Hall–Kier alpha value is -0.206. The molecule has 0 atom stereocenters. The zero-order valence-corrected chi connectivity index (χ0v) is 10.2. The molecule has 0 heterocycles. The van der Waals surface area contributed by atoms with Gasteiger partial charge in [0.2, 0.25) is 0 Å². The molecule has 0 spiro atoms. The van der Waals surface area contributed by atoms with Crippen LogP contribution in [-0.2, 0) is 36.7 Å². The largest absolute Gasteiger partial charge is 2.00 e. The van der Waals surface area contributed by atoms with Gasteiger partial charge in [-0.15, -0.1) is 13.2 Å². The molecule has 0 amide bonds. The van der Waals surface area contributed by atoms with Gasteiger partial charge >= 0.3 is 16.5 Å². The van der Waals surface area contributed by atoms with E-state index in [-0.39, 0.29) is 16.5 Å². The van der Waals surface area contributed by atoms with Crippen LogP contribution in [0.2, 0.25) is 0 Å². The Bertz CT molecular complexity index is 330. The summed E-state index contributed by atoms with van der Waals surface area (Å²) in [4.78, 5) is 0. The van der Waals surface area contributed by atoms with Crippen LogP contribution < -0.4 is 0 Å². The maximum absolute atomic E-state index is 9.60. The fourth-order valence-electron chi connectivity index (χ4n) is 0.289. The Morgan fingerprint density at radius 3 is 1.07 bits per heavy atom. The number of hydrogen-bond donors (Lipinski definition) is 0. The molecule has 0 bridgehead atoms. The predicted molar refractivity (Wildman–Crippen MR) is 49.5 cm³/mol. The molecule has 0 unspecified atom stereocenters. The van der Waals surface area contributed by atoms with E-state index < -0.39 is 31.7 Å². The minimum absolute atomic E-state index is 0. The third-order valence-electron chi connectivity index (χ3n) is 0.644. The fourth-order valence-corrected chi connectivity index (χ4v) is 0.866. The molecule has 0 aliphatic rings. The molecule has 0 aromatic heterocycles. The summed E-state index contributed by atoms with van der Waals surface area (Å²) >= 11 is 0. The second-order valence-electron chi connectivity index (χ2n) is 2.03. The van der Waals surface area contributed by atoms with Crippen molar-refractivity contribution in [1.82, 2.24) is 0 Å². The molecule has 0 saturated carbocycles. The Balaban J connectivity index is -0.000000180. The standard InChI is InChI=1S/2C3H6O3S.Ni/c2*1-2-3-7(4,5)6;/h2*2H,1,3H2,(H,4,5,6);/q;;+2/p-2. The molecular weight excluding hydrogens is 291 g/mol. The molecule has 15 heavy (non-hydrogen) atoms. The summed E-state index contributed by atoms with van der Waals surface area (Å²) in [6.45, 7) is 6.13. The van der Waals surface area contributed by atoms with Gasteiger partial charge in [0.1, 0.15) is 0 Å². The van der Waals surface area contributed by atoms with Crippen LogP contribution in [0.4, 0.5) is 0 Å². The molecule has 0 rings (SSSR count). The normalized spacial score (nSPS) is 10.3. The van der Waals surface area contributed by atoms with E-state index in [0.29, 0.717) is 0 Å². The third kappa shape index (κ3) is 31.6. The smallest absolute Gasteiger partial charge is 0.748 e. The fraction of sp³-hybridized carbons (Fsp3) is 0.333. The van der Waals surface area contributed by atoms with Crippen LogP contribution in [0.5, 0.6) is 0 Å². The molecule has 0 aliphatic heterocycles. The van der Waals surface area contributed by atoms with Gasteiger partial charge in [-0.05, 0) is 0 Å². The van der Waals surface area contributed by atoms with Gasteiger partial charge in [0.25, 0.3) is 0 Å². The minimum atomic E-state index is -4.04. The first-order valence-electron chi connectivity index (χ1n) is 3.21. The molecule has 0 N–H and O–H groups in total. The van der Waals surface area contributed by atoms with Gasteiger partial charge in [-0.25, -0.2) is 16.8 Å². The van der Waals surface area contributed by atoms with Crippen LogP contribution in [0.3, 0.4) is 0 Å². The van der Waals surface area contributed by atoms with Crippen LogP contribution in [0, 0.1) is 0 Å². The van der Waals surface area contributed by atoms with Crippen molar-refractivity contribution in [2.24, 2.45) is 0 Å². The molecular formula is C6H10NiO6S2. The summed E-state index contributed by atoms with van der Waals surface area (Å²) in [6.07, 6.45) is 2.12. The Labute approximate surface area is 99.5 Å². The Morgan fingerprint density at radius 1 is 0.867 bits per heavy atom. The van der Waals surface area contributed by atoms with E-state index in [2.05, 4.69) is 13.2 Å². The van der Waals surface area contributed by atoms with Crippen LogP contribution in [0.1, 0.15) is 0 Å². The van der Waals surface area contributed by atoms with Crippen molar-refractivity contribution in [1.29, 1.82) is 0 Å². The first-order valence-corrected chi connectivity index (χ1v) is 6.37. The number of hydrogen-bond acceptors (Lipinski definition) is 6. The van der Waals surface area contributed by atoms with E-state index in [0.717, 1.165) is 12.2 Å². The maximum Gasteiger partial charge on any atom is 2.00 e. The van der Waals surface area contributed by atoms with E-state index >= 15 is 0 Å². The second-order valence-corrected chi connectivity index (χ2v) is 4.92. The molecule has 0 radical (unpaired) electrons. The summed E-state index contributed by atoms with van der Waals surface area (Å²) in [5.41, 5.74) is 0. The predicted octanol–water partition coefficient (Wildman–Crippen LogP) is -0.567. The van der Waals surface area contributed by atoms with Crippen LogP contribution >= 0.6 is 0 Å². The first-order chi connectivity index (χ1) is 6.12. The molecule has 0 fully saturated rings. The summed E-state index contributed by atoms with van der Waals surface area (Å²) in [6, 6.07) is 0. The summed E-state index contributed by atoms with van der Waals surface area (Å²) in [7, 11) is -8.08. The zero-order valence-electron chi connectivity index (χ0n) is 7.57. The summed E-state index contributed by atoms with van der Waals surface area (Å²) in [5.74, 6) is -0.958. The quantitative estimate of drug-likeness (QED) is 0.390. The average molecular weight is 301 g/mol. The van der Waals surface area contributed by atoms with Crippen molar-refractivity contribution in [3.63, 3.8) is 0 Å². The number of rotatable bonds is 4. The van der Waals surface area contributed by atoms with Gasteiger partial charge in [0.15, 0.2) is 0 Å². The van der Waals surface area contributed by atoms with Gasteiger partial charge in [0, 0.05) is 0 Å². The average Bonchev–Trinajstić information content (AvgIpc) is 1.81. The molecule has 6 nitrogen and oxygen atoms in total. The van der Waals surface area contributed by atoms with Crippen molar-refractivity contribution in [2.75, 3.05) is 11.5 Å². The van der Waals surface area contributed by atoms with E-state index in [1.165, 1.54) is 0 Å². The monoisotopic (exact) mass is 300 g/mol. The molecule has 0 aromatic carbocycles. The van der Waals surface area contributed by atoms with Crippen molar-refractivity contribution < 1.29 is 42.4 Å². The minimum Gasteiger partial charge on any atom is -0.748 e. The van der Waals surface area contributed by atoms with Crippen LogP contribution in [0.15, 0.2) is 25.3 Å². The van der Waals surface area contributed by atoms with Gasteiger partial charge < -0.3 is 9.11 Å². The van der Waals surface area contributed by atoms with Gasteiger partial charge in [-0.3, -0.25) is 0 Å². The molecule has 0 aromatic rings. The van der Waals surface area contributed by atoms with Crippen molar-refractivity contribution in [2.45, 2.75) is 0 Å². The molecule has 0 aliphatic carbocycles. The molecule has 0 saturated heterocycles. The molecule has 92 valence electrons. The van der Waals surface area contributed by atoms with Crippen molar-refractivity contribution in [3.8, 4) is 0 Å². The Morgan fingerprint density at radius 2 is 1.07 bits per heavy atom. The summed E-state index contributed by atoms with van der Waals surface area (Å²) < 4.78 is 57.6. The maximum atomic E-state index is 9.60. The van der Waals surface area contributed by atoms with E-state index in [1.807, 2.05) is 0 Å². The SMILES string of the molecule is C=CCS(=O)(=O)[O-].C=CCS(=O)(=O)[O-].[Ni+2]. The van der Waals surface area contributed by atoms with E-state index in [9.17, 15) is 25.9 Å². The van der Waals surface area contributed by atoms with Crippen LogP contribution in [-0.4, -0.2) is 37.4 Å². The summed E-state index contributed by atoms with van der Waals surface area (Å²) in [5, 5.41) is 0. The van der Waals surface area contributed by atoms with Gasteiger partial charge in [-0.1, -0.05) is 12.2 Å². The van der Waals surface area contributed by atoms with Crippen molar-refractivity contribution >= 4 is 20.2 Å². The van der Waals surface area contributed by atoms with Gasteiger partial charge in [0.05, 0.1) is 31.7 Å². The van der Waals surface area contributed by atoms with Crippen molar-refractivity contribution in [3.05, 3.63) is 25.3 Å². The van der Waals surface area contributed by atoms with E-state index in [4.69, 9.17) is 0 Å². The first kappa shape index (κ1) is 20.2. The Kier molecular flexibility index (Phi) is 12.2.